The lowest BCUT2D eigenvalue weighted by Gasteiger charge is -2.39. The number of aromatic nitrogens is 4. The minimum atomic E-state index is -0.0443. The maximum Gasteiger partial charge on any atom is 0.255 e. The average molecular weight is 327 g/mol. The Morgan fingerprint density at radius 2 is 2.25 bits per heavy atom. The molecule has 126 valence electrons. The lowest BCUT2D eigenvalue weighted by atomic mass is 10.1. The molecular weight excluding hydrogens is 306 g/mol. The van der Waals surface area contributed by atoms with E-state index in [-0.39, 0.29) is 11.7 Å². The molecule has 2 aliphatic rings. The van der Waals surface area contributed by atoms with Crippen LogP contribution in [0.2, 0.25) is 0 Å². The first-order chi connectivity index (χ1) is 11.8. The first kappa shape index (κ1) is 15.3. The predicted octanol–water partition coefficient (Wildman–Crippen LogP) is 1.48. The van der Waals surface area contributed by atoms with Crippen LogP contribution in [0.3, 0.4) is 0 Å². The van der Waals surface area contributed by atoms with Gasteiger partial charge in [0, 0.05) is 25.4 Å². The second-order valence-electron chi connectivity index (χ2n) is 6.22. The summed E-state index contributed by atoms with van der Waals surface area (Å²) in [5, 5.41) is 0. The second kappa shape index (κ2) is 6.32. The Morgan fingerprint density at radius 3 is 3.04 bits per heavy atom. The number of fused-ring (bicyclic) bond motifs is 1. The summed E-state index contributed by atoms with van der Waals surface area (Å²) in [5.74, 6) is 0.735. The van der Waals surface area contributed by atoms with Crippen LogP contribution in [0.15, 0.2) is 29.5 Å². The molecule has 2 aromatic heterocycles. The topological polar surface area (TPSA) is 73.1 Å². The average Bonchev–Trinajstić information content (AvgIpc) is 3.10. The fraction of sp³-hybridized carbons (Fsp3) is 0.529. The van der Waals surface area contributed by atoms with Crippen molar-refractivity contribution in [3.63, 3.8) is 0 Å². The predicted molar refractivity (Wildman–Crippen MR) is 89.9 cm³/mol. The molecular formula is C17H21N5O2. The molecule has 2 aromatic rings. The van der Waals surface area contributed by atoms with E-state index in [0.29, 0.717) is 30.6 Å². The molecule has 4 rings (SSSR count). The number of anilines is 1. The molecule has 3 heterocycles. The van der Waals surface area contributed by atoms with E-state index >= 15 is 0 Å². The van der Waals surface area contributed by atoms with Crippen LogP contribution in [0, 0.1) is 0 Å². The van der Waals surface area contributed by atoms with E-state index in [1.165, 1.54) is 6.33 Å². The summed E-state index contributed by atoms with van der Waals surface area (Å²) >= 11 is 0. The number of ether oxygens (including phenoxy) is 1. The highest BCUT2D eigenvalue weighted by Gasteiger charge is 2.37. The molecule has 0 N–H and O–H groups in total. The van der Waals surface area contributed by atoms with E-state index < -0.39 is 0 Å². The number of rotatable bonds is 3. The van der Waals surface area contributed by atoms with Crippen molar-refractivity contribution in [3.05, 3.63) is 35.0 Å². The van der Waals surface area contributed by atoms with Crippen LogP contribution in [0.25, 0.3) is 11.4 Å². The fourth-order valence-electron chi connectivity index (χ4n) is 3.76. The van der Waals surface area contributed by atoms with Crippen LogP contribution in [0.1, 0.15) is 26.2 Å². The largest absolute Gasteiger partial charge is 0.374 e. The zero-order chi connectivity index (χ0) is 16.5. The Hall–Kier alpha value is -2.28. The van der Waals surface area contributed by atoms with Gasteiger partial charge in [0.25, 0.3) is 5.56 Å². The van der Waals surface area contributed by atoms with Gasteiger partial charge in [0.1, 0.15) is 6.33 Å². The Kier molecular flexibility index (Phi) is 4.02. The lowest BCUT2D eigenvalue weighted by Crippen LogP contribution is -2.50. The molecule has 2 atom stereocenters. The summed E-state index contributed by atoms with van der Waals surface area (Å²) < 4.78 is 7.64. The summed E-state index contributed by atoms with van der Waals surface area (Å²) in [6.45, 7) is 4.02. The van der Waals surface area contributed by atoms with Crippen molar-refractivity contribution in [2.24, 2.45) is 0 Å². The van der Waals surface area contributed by atoms with E-state index in [2.05, 4.69) is 14.9 Å². The smallest absolute Gasteiger partial charge is 0.255 e. The number of morpholine rings is 1. The van der Waals surface area contributed by atoms with Gasteiger partial charge in [-0.25, -0.2) is 15.0 Å². The van der Waals surface area contributed by atoms with Gasteiger partial charge < -0.3 is 9.64 Å². The van der Waals surface area contributed by atoms with Crippen molar-refractivity contribution in [1.29, 1.82) is 0 Å². The van der Waals surface area contributed by atoms with E-state index in [4.69, 9.17) is 9.72 Å². The molecule has 7 nitrogen and oxygen atoms in total. The van der Waals surface area contributed by atoms with Crippen molar-refractivity contribution >= 4 is 5.95 Å². The third kappa shape index (κ3) is 2.58. The van der Waals surface area contributed by atoms with E-state index in [1.807, 2.05) is 6.92 Å². The van der Waals surface area contributed by atoms with Gasteiger partial charge in [0.2, 0.25) is 5.95 Å². The number of nitrogens with zero attached hydrogens (tertiary/aromatic N) is 5. The monoisotopic (exact) mass is 327 g/mol. The van der Waals surface area contributed by atoms with Crippen LogP contribution >= 0.6 is 0 Å². The third-order valence-corrected chi connectivity index (χ3v) is 4.89. The van der Waals surface area contributed by atoms with E-state index in [1.54, 1.807) is 22.9 Å². The molecule has 0 spiro atoms. The van der Waals surface area contributed by atoms with Crippen LogP contribution in [-0.4, -0.2) is 44.8 Å². The highest BCUT2D eigenvalue weighted by atomic mass is 16.5. The minimum Gasteiger partial charge on any atom is -0.374 e. The molecule has 0 bridgehead atoms. The standard InChI is InChI=1S/C17H21N5O2/c1-2-21-16(23)10-13(12-6-7-18-11-19-12)20-17(21)22-8-9-24-15-5-3-4-14(15)22/h6-7,10-11,14-15H,2-5,8-9H2,1H3/t14-,15-/m1/s1. The van der Waals surface area contributed by atoms with E-state index in [9.17, 15) is 4.79 Å². The molecule has 1 saturated heterocycles. The summed E-state index contributed by atoms with van der Waals surface area (Å²) in [6.07, 6.45) is 6.73. The lowest BCUT2D eigenvalue weighted by molar-refractivity contribution is 0.0246. The highest BCUT2D eigenvalue weighted by molar-refractivity contribution is 5.55. The zero-order valence-electron chi connectivity index (χ0n) is 13.8. The van der Waals surface area contributed by atoms with Crippen LogP contribution in [-0.2, 0) is 11.3 Å². The Labute approximate surface area is 140 Å². The normalized spacial score (nSPS) is 23.3. The van der Waals surface area contributed by atoms with Gasteiger partial charge in [0.05, 0.1) is 30.1 Å². The van der Waals surface area contributed by atoms with Crippen LogP contribution in [0.5, 0.6) is 0 Å². The minimum absolute atomic E-state index is 0.0443. The maximum atomic E-state index is 12.6. The first-order valence-electron chi connectivity index (χ1n) is 8.54. The molecule has 1 aliphatic carbocycles. The summed E-state index contributed by atoms with van der Waals surface area (Å²) in [6, 6.07) is 3.64. The summed E-state index contributed by atoms with van der Waals surface area (Å²) in [4.78, 5) is 27.9. The van der Waals surface area contributed by atoms with Gasteiger partial charge >= 0.3 is 0 Å². The van der Waals surface area contributed by atoms with Crippen LogP contribution < -0.4 is 10.5 Å². The Morgan fingerprint density at radius 1 is 1.33 bits per heavy atom. The molecule has 0 unspecified atom stereocenters. The van der Waals surface area contributed by atoms with Crippen molar-refractivity contribution in [2.45, 2.75) is 44.9 Å². The van der Waals surface area contributed by atoms with Crippen molar-refractivity contribution in [2.75, 3.05) is 18.1 Å². The van der Waals surface area contributed by atoms with E-state index in [0.717, 1.165) is 31.8 Å². The highest BCUT2D eigenvalue weighted by Crippen LogP contribution is 2.32. The molecule has 7 heteroatoms. The van der Waals surface area contributed by atoms with Crippen molar-refractivity contribution in [3.8, 4) is 11.4 Å². The van der Waals surface area contributed by atoms with Crippen molar-refractivity contribution in [1.82, 2.24) is 19.5 Å². The fourth-order valence-corrected chi connectivity index (χ4v) is 3.76. The number of hydrogen-bond donors (Lipinski definition) is 0. The second-order valence-corrected chi connectivity index (χ2v) is 6.22. The molecule has 1 saturated carbocycles. The van der Waals surface area contributed by atoms with Crippen molar-refractivity contribution < 1.29 is 4.74 Å². The Balaban J connectivity index is 1.81. The quantitative estimate of drug-likeness (QED) is 0.850. The molecule has 24 heavy (non-hydrogen) atoms. The number of hydrogen-bond acceptors (Lipinski definition) is 6. The SMILES string of the molecule is CCn1c(N2CCO[C@@H]3CCC[C@H]32)nc(-c2ccncn2)cc1=O. The molecule has 1 aliphatic heterocycles. The van der Waals surface area contributed by atoms with Gasteiger partial charge in [-0.2, -0.15) is 0 Å². The van der Waals surface area contributed by atoms with Gasteiger partial charge in [-0.05, 0) is 32.3 Å². The molecule has 0 radical (unpaired) electrons. The van der Waals surface area contributed by atoms with Gasteiger partial charge in [0.15, 0.2) is 0 Å². The molecule has 2 fully saturated rings. The zero-order valence-corrected chi connectivity index (χ0v) is 13.8. The van der Waals surface area contributed by atoms with Gasteiger partial charge in [-0.3, -0.25) is 9.36 Å². The van der Waals surface area contributed by atoms with Gasteiger partial charge in [-0.1, -0.05) is 0 Å². The summed E-state index contributed by atoms with van der Waals surface area (Å²) in [5.41, 5.74) is 1.23. The summed E-state index contributed by atoms with van der Waals surface area (Å²) in [7, 11) is 0. The third-order valence-electron chi connectivity index (χ3n) is 4.89. The maximum absolute atomic E-state index is 12.6. The first-order valence-corrected chi connectivity index (χ1v) is 8.54. The van der Waals surface area contributed by atoms with Crippen LogP contribution in [0.4, 0.5) is 5.95 Å². The molecule has 0 amide bonds. The molecule has 0 aromatic carbocycles. The Bertz CT molecular complexity index is 776. The van der Waals surface area contributed by atoms with Gasteiger partial charge in [-0.15, -0.1) is 0 Å².